The quantitative estimate of drug-likeness (QED) is 0.320. The average Bonchev–Trinajstić information content (AvgIpc) is 3.44. The van der Waals surface area contributed by atoms with Crippen molar-refractivity contribution in [3.8, 4) is 11.5 Å². The first-order chi connectivity index (χ1) is 19.9. The molecule has 41 heavy (non-hydrogen) atoms. The van der Waals surface area contributed by atoms with Crippen molar-refractivity contribution in [1.82, 2.24) is 4.57 Å². The van der Waals surface area contributed by atoms with Gasteiger partial charge < -0.3 is 14.8 Å². The number of rotatable bonds is 7. The van der Waals surface area contributed by atoms with Crippen molar-refractivity contribution in [1.29, 1.82) is 0 Å². The molecule has 0 radical (unpaired) electrons. The molecule has 2 unspecified atom stereocenters. The lowest BCUT2D eigenvalue weighted by atomic mass is 9.82. The Labute approximate surface area is 243 Å². The van der Waals surface area contributed by atoms with Crippen LogP contribution in [0, 0.1) is 5.92 Å². The van der Waals surface area contributed by atoms with Gasteiger partial charge in [-0.05, 0) is 42.5 Å². The smallest absolute Gasteiger partial charge is 0.308 e. The first-order valence-electron chi connectivity index (χ1n) is 12.8. The number of imide groups is 1. The molecule has 9 nitrogen and oxygen atoms in total. The topological polar surface area (TPSA) is 107 Å². The van der Waals surface area contributed by atoms with E-state index in [4.69, 9.17) is 9.47 Å². The van der Waals surface area contributed by atoms with Gasteiger partial charge in [0.1, 0.15) is 23.3 Å². The molecule has 0 bridgehead atoms. The average molecular weight is 588 g/mol. The Bertz CT molecular complexity index is 1700. The highest BCUT2D eigenvalue weighted by Gasteiger charge is 2.57. The zero-order valence-electron chi connectivity index (χ0n) is 22.1. The second-order valence-electron chi connectivity index (χ2n) is 9.53. The molecule has 208 valence electrons. The van der Waals surface area contributed by atoms with Crippen LogP contribution in [0.4, 0.5) is 11.4 Å². The fourth-order valence-electron chi connectivity index (χ4n) is 5.36. The summed E-state index contributed by atoms with van der Waals surface area (Å²) in [4.78, 5) is 55.7. The molecule has 1 fully saturated rings. The van der Waals surface area contributed by atoms with Crippen molar-refractivity contribution < 1.29 is 23.9 Å². The molecular weight excluding hydrogens is 562 g/mol. The maximum absolute atomic E-state index is 14.0. The molecule has 3 heterocycles. The van der Waals surface area contributed by atoms with Crippen molar-refractivity contribution >= 4 is 52.2 Å². The fraction of sp³-hybridized carbons (Fsp3) is 0.200. The summed E-state index contributed by atoms with van der Waals surface area (Å²) in [7, 11) is 3.10. The van der Waals surface area contributed by atoms with Crippen LogP contribution in [-0.4, -0.2) is 41.8 Å². The first-order valence-corrected chi connectivity index (χ1v) is 14.5. The number of thioether (sulfide) groups is 1. The van der Waals surface area contributed by atoms with Gasteiger partial charge in [-0.1, -0.05) is 59.5 Å². The second kappa shape index (κ2) is 10.9. The summed E-state index contributed by atoms with van der Waals surface area (Å²) >= 11 is 2.17. The monoisotopic (exact) mass is 587 g/mol. The third-order valence-corrected chi connectivity index (χ3v) is 9.82. The summed E-state index contributed by atoms with van der Waals surface area (Å²) in [5.41, 5.74) is 1.76. The van der Waals surface area contributed by atoms with Crippen LogP contribution in [0.5, 0.6) is 11.5 Å². The first kappa shape index (κ1) is 26.9. The van der Waals surface area contributed by atoms with Gasteiger partial charge in [0.05, 0.1) is 30.9 Å². The Balaban J connectivity index is 1.41. The van der Waals surface area contributed by atoms with Crippen LogP contribution >= 0.6 is 23.1 Å². The summed E-state index contributed by atoms with van der Waals surface area (Å²) in [6.07, 6.45) is 0. The molecule has 3 atom stereocenters. The Hall–Kier alpha value is -4.35. The van der Waals surface area contributed by atoms with Gasteiger partial charge in [0, 0.05) is 22.0 Å². The van der Waals surface area contributed by atoms with Crippen LogP contribution in [0.2, 0.25) is 0 Å². The van der Waals surface area contributed by atoms with Crippen LogP contribution in [0.15, 0.2) is 88.7 Å². The number of nitrogens with one attached hydrogen (secondary N) is 1. The number of methoxy groups -OCH3 is 2. The molecule has 1 saturated heterocycles. The standard InChI is InChI=1S/C30H25N3O6S2/c1-38-19-14-12-17(13-15-19)31-22(34)16-32-29-26(41-30(32)37)23(20-10-6-7-11-21(20)39-2)24-25(40-29)28(36)33(27(24)35)18-8-4-3-5-9-18/h3-15,23-25H,16H2,1-2H3,(H,31,34)/t23-,24?,25?/m1/s1. The number of ether oxygens (including phenoxy) is 2. The van der Waals surface area contributed by atoms with Crippen LogP contribution in [0.25, 0.3) is 0 Å². The Kier molecular flexibility index (Phi) is 7.14. The highest BCUT2D eigenvalue weighted by molar-refractivity contribution is 8.00. The summed E-state index contributed by atoms with van der Waals surface area (Å²) in [6.45, 7) is -0.246. The lowest BCUT2D eigenvalue weighted by Gasteiger charge is -2.31. The second-order valence-corrected chi connectivity index (χ2v) is 11.7. The normalized spacial score (nSPS) is 19.5. The minimum absolute atomic E-state index is 0.246. The Morgan fingerprint density at radius 1 is 0.878 bits per heavy atom. The third kappa shape index (κ3) is 4.70. The largest absolute Gasteiger partial charge is 0.497 e. The van der Waals surface area contributed by atoms with E-state index >= 15 is 0 Å². The number of hydrogen-bond donors (Lipinski definition) is 1. The fourth-order valence-corrected chi connectivity index (χ4v) is 8.13. The number of carbonyl (C=O) groups is 3. The van der Waals surface area contributed by atoms with Crippen LogP contribution < -0.4 is 24.6 Å². The molecule has 1 aromatic heterocycles. The van der Waals surface area contributed by atoms with E-state index in [1.165, 1.54) is 21.2 Å². The van der Waals surface area contributed by atoms with Gasteiger partial charge in [-0.25, -0.2) is 4.90 Å². The predicted molar refractivity (Wildman–Crippen MR) is 157 cm³/mol. The van der Waals surface area contributed by atoms with Gasteiger partial charge >= 0.3 is 4.87 Å². The molecule has 4 aromatic rings. The highest BCUT2D eigenvalue weighted by atomic mass is 32.2. The van der Waals surface area contributed by atoms with E-state index in [1.54, 1.807) is 68.8 Å². The lowest BCUT2D eigenvalue weighted by molar-refractivity contribution is -0.122. The van der Waals surface area contributed by atoms with E-state index < -0.39 is 23.0 Å². The Morgan fingerprint density at radius 3 is 2.29 bits per heavy atom. The van der Waals surface area contributed by atoms with Crippen LogP contribution in [0.1, 0.15) is 16.4 Å². The molecule has 3 amide bonds. The molecule has 6 rings (SSSR count). The van der Waals surface area contributed by atoms with Gasteiger partial charge in [0.15, 0.2) is 0 Å². The van der Waals surface area contributed by atoms with Crippen molar-refractivity contribution in [2.45, 2.75) is 22.7 Å². The summed E-state index contributed by atoms with van der Waals surface area (Å²) in [6, 6.07) is 23.0. The van der Waals surface area contributed by atoms with E-state index in [2.05, 4.69) is 5.32 Å². The predicted octanol–water partition coefficient (Wildman–Crippen LogP) is 4.36. The molecule has 2 aliphatic rings. The van der Waals surface area contributed by atoms with Crippen LogP contribution in [-0.2, 0) is 20.9 Å². The zero-order chi connectivity index (χ0) is 28.7. The minimum atomic E-state index is -0.782. The minimum Gasteiger partial charge on any atom is -0.497 e. The summed E-state index contributed by atoms with van der Waals surface area (Å²) in [5.74, 6) is -1.23. The number of fused-ring (bicyclic) bond motifs is 2. The molecule has 0 spiro atoms. The zero-order valence-corrected chi connectivity index (χ0v) is 23.7. The number of aromatic nitrogens is 1. The number of para-hydroxylation sites is 2. The lowest BCUT2D eigenvalue weighted by Crippen LogP contribution is -2.33. The maximum atomic E-state index is 14.0. The summed E-state index contributed by atoms with van der Waals surface area (Å²) < 4.78 is 12.2. The highest BCUT2D eigenvalue weighted by Crippen LogP contribution is 2.55. The van der Waals surface area contributed by atoms with E-state index in [9.17, 15) is 19.2 Å². The van der Waals surface area contributed by atoms with Gasteiger partial charge in [0.25, 0.3) is 0 Å². The number of thiazole rings is 1. The van der Waals surface area contributed by atoms with Crippen molar-refractivity contribution in [3.63, 3.8) is 0 Å². The third-order valence-electron chi connectivity index (χ3n) is 7.21. The van der Waals surface area contributed by atoms with Crippen molar-refractivity contribution in [2.75, 3.05) is 24.4 Å². The molecule has 0 aliphatic carbocycles. The number of benzene rings is 3. The van der Waals surface area contributed by atoms with Gasteiger partial charge in [-0.15, -0.1) is 0 Å². The number of anilines is 2. The van der Waals surface area contributed by atoms with Gasteiger partial charge in [0.2, 0.25) is 17.7 Å². The number of carbonyl (C=O) groups excluding carboxylic acids is 3. The van der Waals surface area contributed by atoms with E-state index in [0.29, 0.717) is 38.3 Å². The Morgan fingerprint density at radius 2 is 1.59 bits per heavy atom. The molecule has 2 aliphatic heterocycles. The molecular formula is C30H25N3O6S2. The molecule has 1 N–H and O–H groups in total. The van der Waals surface area contributed by atoms with Crippen molar-refractivity contribution in [3.05, 3.63) is 99.0 Å². The molecule has 0 saturated carbocycles. The SMILES string of the molecule is COc1ccc(NC(=O)Cn2c3c(sc2=O)[C@H](c2ccccc2OC)C2C(=O)N(c4ccccc4)C(=O)C2S3)cc1. The molecule has 3 aromatic carbocycles. The van der Waals surface area contributed by atoms with Crippen LogP contribution in [0.3, 0.4) is 0 Å². The number of hydrogen-bond acceptors (Lipinski definition) is 8. The van der Waals surface area contributed by atoms with Crippen molar-refractivity contribution in [2.24, 2.45) is 5.92 Å². The van der Waals surface area contributed by atoms with E-state index in [1.807, 2.05) is 24.3 Å². The maximum Gasteiger partial charge on any atom is 0.308 e. The molecule has 11 heteroatoms. The number of nitrogens with zero attached hydrogens (tertiary/aromatic N) is 2. The van der Waals surface area contributed by atoms with Gasteiger partial charge in [-0.3, -0.25) is 23.7 Å². The summed E-state index contributed by atoms with van der Waals surface area (Å²) in [5, 5.41) is 2.54. The van der Waals surface area contributed by atoms with Gasteiger partial charge in [-0.2, -0.15) is 0 Å². The number of amides is 3. The van der Waals surface area contributed by atoms with E-state index in [0.717, 1.165) is 11.3 Å². The van der Waals surface area contributed by atoms with E-state index in [-0.39, 0.29) is 23.2 Å².